The van der Waals surface area contributed by atoms with Gasteiger partial charge in [0.05, 0.1) is 25.5 Å². The number of hydrogen-bond acceptors (Lipinski definition) is 7. The fourth-order valence-corrected chi connectivity index (χ4v) is 8.51. The van der Waals surface area contributed by atoms with Crippen LogP contribution >= 0.6 is 0 Å². The number of hydrogen-bond donors (Lipinski definition) is 4. The number of carbonyl (C=O) groups excluding carboxylic acids is 2. The van der Waals surface area contributed by atoms with Crippen LogP contribution in [0.4, 0.5) is 10.5 Å². The lowest BCUT2D eigenvalue weighted by Gasteiger charge is -2.46. The van der Waals surface area contributed by atoms with Gasteiger partial charge in [-0.3, -0.25) is 4.79 Å². The highest BCUT2D eigenvalue weighted by Crippen LogP contribution is 2.43. The van der Waals surface area contributed by atoms with E-state index in [1.54, 1.807) is 0 Å². The molecule has 1 spiro atoms. The topological polar surface area (TPSA) is 115 Å². The summed E-state index contributed by atoms with van der Waals surface area (Å²) in [6.07, 6.45) is 0.502. The van der Waals surface area contributed by atoms with E-state index in [9.17, 15) is 14.7 Å². The first kappa shape index (κ1) is 38.4. The lowest BCUT2D eigenvalue weighted by atomic mass is 9.84. The molecule has 0 saturated carbocycles. The summed E-state index contributed by atoms with van der Waals surface area (Å²) in [5.74, 6) is 0.149. The number of amides is 3. The van der Waals surface area contributed by atoms with Crippen LogP contribution in [0.2, 0.25) is 0 Å². The van der Waals surface area contributed by atoms with Crippen molar-refractivity contribution < 1.29 is 24.2 Å². The molecule has 0 aromatic heterocycles. The number of carbonyl (C=O) groups is 2. The number of ether oxygens (including phenoxy) is 2. The molecule has 3 aliphatic rings. The van der Waals surface area contributed by atoms with Gasteiger partial charge in [0, 0.05) is 49.9 Å². The molecule has 8 rings (SSSR count). The molecular formula is C47H51N5O5. The van der Waals surface area contributed by atoms with E-state index < -0.39 is 11.8 Å². The molecule has 0 aliphatic carbocycles. The first-order valence-corrected chi connectivity index (χ1v) is 20.0. The molecule has 4 atom stereocenters. The Hall–Kier alpha value is -5.52. The number of rotatable bonds is 11. The maximum Gasteiger partial charge on any atom is 0.315 e. The third-order valence-electron chi connectivity index (χ3n) is 11.9. The molecule has 3 saturated heterocycles. The van der Waals surface area contributed by atoms with Crippen molar-refractivity contribution in [1.82, 2.24) is 20.9 Å². The molecule has 10 heteroatoms. The summed E-state index contributed by atoms with van der Waals surface area (Å²) >= 11 is 0. The van der Waals surface area contributed by atoms with Crippen molar-refractivity contribution in [3.63, 3.8) is 0 Å². The second-order valence-electron chi connectivity index (χ2n) is 15.4. The van der Waals surface area contributed by atoms with Crippen molar-refractivity contribution in [1.29, 1.82) is 0 Å². The van der Waals surface area contributed by atoms with Gasteiger partial charge in [-0.25, -0.2) is 4.79 Å². The molecule has 294 valence electrons. The zero-order valence-corrected chi connectivity index (χ0v) is 32.3. The molecule has 10 nitrogen and oxygen atoms in total. The van der Waals surface area contributed by atoms with Crippen molar-refractivity contribution in [2.75, 3.05) is 31.2 Å². The third-order valence-corrected chi connectivity index (χ3v) is 11.9. The lowest BCUT2D eigenvalue weighted by Crippen LogP contribution is -2.57. The third kappa shape index (κ3) is 8.45. The smallest absolute Gasteiger partial charge is 0.315 e. The van der Waals surface area contributed by atoms with E-state index in [1.807, 2.05) is 91.0 Å². The fourth-order valence-electron chi connectivity index (χ4n) is 8.51. The summed E-state index contributed by atoms with van der Waals surface area (Å²) < 4.78 is 13.6. The van der Waals surface area contributed by atoms with Crippen LogP contribution in [-0.4, -0.2) is 59.9 Å². The van der Waals surface area contributed by atoms with E-state index >= 15 is 0 Å². The van der Waals surface area contributed by atoms with Crippen LogP contribution in [0.5, 0.6) is 0 Å². The van der Waals surface area contributed by atoms with Crippen LogP contribution in [0.15, 0.2) is 133 Å². The average Bonchev–Trinajstić information content (AvgIpc) is 3.58. The minimum absolute atomic E-state index is 0.0150. The van der Waals surface area contributed by atoms with Gasteiger partial charge in [0.1, 0.15) is 5.54 Å². The number of nitrogens with one attached hydrogen (secondary N) is 3. The Morgan fingerprint density at radius 3 is 2.14 bits per heavy atom. The van der Waals surface area contributed by atoms with Gasteiger partial charge in [0.25, 0.3) is 0 Å². The molecule has 3 amide bonds. The molecule has 0 bridgehead atoms. The SMILES string of the molecule is CC1C(CN2CCC3(CC2)C(=O)NCN3c2ccccc2)OC(c2ccc(-c3ccccc3CNC(=O)NCc3ccccc3)cc2)OC1c1ccc(CO)cc1. The van der Waals surface area contributed by atoms with Gasteiger partial charge in [0.15, 0.2) is 6.29 Å². The maximum atomic E-state index is 13.3. The average molecular weight is 766 g/mol. The highest BCUT2D eigenvalue weighted by atomic mass is 16.7. The Morgan fingerprint density at radius 2 is 1.42 bits per heavy atom. The van der Waals surface area contributed by atoms with Crippen molar-refractivity contribution in [2.45, 2.75) is 63.5 Å². The largest absolute Gasteiger partial charge is 0.392 e. The summed E-state index contributed by atoms with van der Waals surface area (Å²) in [5.41, 5.74) is 7.45. The Kier molecular flexibility index (Phi) is 11.7. The van der Waals surface area contributed by atoms with Crippen LogP contribution in [0.25, 0.3) is 11.1 Å². The van der Waals surface area contributed by atoms with Gasteiger partial charge < -0.3 is 40.3 Å². The van der Waals surface area contributed by atoms with Crippen LogP contribution in [0.3, 0.4) is 0 Å². The lowest BCUT2D eigenvalue weighted by molar-refractivity contribution is -0.276. The molecule has 3 aliphatic heterocycles. The van der Waals surface area contributed by atoms with E-state index in [0.717, 1.165) is 70.6 Å². The maximum absolute atomic E-state index is 13.3. The molecule has 0 radical (unpaired) electrons. The first-order valence-electron chi connectivity index (χ1n) is 20.0. The van der Waals surface area contributed by atoms with Gasteiger partial charge >= 0.3 is 6.03 Å². The van der Waals surface area contributed by atoms with Gasteiger partial charge in [0.2, 0.25) is 5.91 Å². The summed E-state index contributed by atoms with van der Waals surface area (Å²) in [5, 5.41) is 18.8. The molecule has 3 fully saturated rings. The van der Waals surface area contributed by atoms with Crippen molar-refractivity contribution in [2.24, 2.45) is 5.92 Å². The highest BCUT2D eigenvalue weighted by molar-refractivity contribution is 5.93. The highest BCUT2D eigenvalue weighted by Gasteiger charge is 2.51. The Morgan fingerprint density at radius 1 is 0.772 bits per heavy atom. The minimum atomic E-state index is -0.599. The number of likely N-dealkylation sites (tertiary alicyclic amines) is 1. The van der Waals surface area contributed by atoms with Crippen molar-refractivity contribution >= 4 is 17.6 Å². The van der Waals surface area contributed by atoms with Crippen LogP contribution in [0.1, 0.15) is 60.0 Å². The number of aliphatic hydroxyl groups excluding tert-OH is 1. The second kappa shape index (κ2) is 17.3. The Bertz CT molecular complexity index is 2110. The number of para-hydroxylation sites is 1. The van der Waals surface area contributed by atoms with Gasteiger partial charge in [-0.15, -0.1) is 0 Å². The molecule has 3 heterocycles. The number of anilines is 1. The second-order valence-corrected chi connectivity index (χ2v) is 15.4. The Labute approximate surface area is 334 Å². The van der Waals surface area contributed by atoms with E-state index in [1.165, 1.54) is 0 Å². The molecule has 5 aromatic carbocycles. The van der Waals surface area contributed by atoms with E-state index in [-0.39, 0.29) is 36.7 Å². The van der Waals surface area contributed by atoms with Gasteiger partial charge in [-0.1, -0.05) is 128 Å². The zero-order chi connectivity index (χ0) is 39.2. The summed E-state index contributed by atoms with van der Waals surface area (Å²) in [4.78, 5) is 30.7. The predicted molar refractivity (Wildman–Crippen MR) is 221 cm³/mol. The van der Waals surface area contributed by atoms with Gasteiger partial charge in [-0.2, -0.15) is 0 Å². The van der Waals surface area contributed by atoms with Crippen LogP contribution < -0.4 is 20.9 Å². The summed E-state index contributed by atoms with van der Waals surface area (Å²) in [7, 11) is 0. The summed E-state index contributed by atoms with van der Waals surface area (Å²) in [6.45, 7) is 5.82. The van der Waals surface area contributed by atoms with Crippen molar-refractivity contribution in [3.05, 3.63) is 161 Å². The molecular weight excluding hydrogens is 715 g/mol. The number of benzene rings is 5. The summed E-state index contributed by atoms with van der Waals surface area (Å²) in [6, 6.07) is 44.2. The molecule has 57 heavy (non-hydrogen) atoms. The van der Waals surface area contributed by atoms with Crippen LogP contribution in [-0.2, 0) is 34.0 Å². The predicted octanol–water partition coefficient (Wildman–Crippen LogP) is 7.07. The van der Waals surface area contributed by atoms with Crippen molar-refractivity contribution in [3.8, 4) is 11.1 Å². The molecule has 5 aromatic rings. The van der Waals surface area contributed by atoms with E-state index in [2.05, 4.69) is 75.1 Å². The number of aliphatic hydroxyl groups is 1. The van der Waals surface area contributed by atoms with Crippen LogP contribution in [0, 0.1) is 5.92 Å². The zero-order valence-electron chi connectivity index (χ0n) is 32.3. The van der Waals surface area contributed by atoms with Gasteiger partial charge in [-0.05, 0) is 58.4 Å². The number of nitrogens with zero attached hydrogens (tertiary/aromatic N) is 2. The molecule has 4 unspecified atom stereocenters. The van der Waals surface area contributed by atoms with E-state index in [4.69, 9.17) is 9.47 Å². The normalized spacial score (nSPS) is 21.9. The standard InChI is InChI=1S/C47H51N5O5/c1-33-42(30-51-26-24-47(25-27-51)45(54)50-32-52(47)40-13-6-3-7-14-40)56-44(57-43(33)37-18-16-35(31-53)17-19-37)38-22-20-36(21-23-38)41-15-9-8-12-39(41)29-49-46(55)48-28-34-10-4-2-5-11-34/h2-23,33,42-44,53H,24-32H2,1H3,(H,50,54)(H2,48,49,55). The minimum Gasteiger partial charge on any atom is -0.392 e. The quantitative estimate of drug-likeness (QED) is 0.114. The monoisotopic (exact) mass is 765 g/mol. The number of piperidine rings is 1. The Balaban J connectivity index is 0.965. The number of urea groups is 1. The first-order chi connectivity index (χ1) is 27.9. The molecule has 4 N–H and O–H groups in total. The van der Waals surface area contributed by atoms with E-state index in [0.29, 0.717) is 26.3 Å². The fraction of sp³-hybridized carbons (Fsp3) is 0.319.